The number of nitrogens with two attached hydrogens (primary N) is 2. The molecule has 4 atom stereocenters. The van der Waals surface area contributed by atoms with Crippen LogP contribution in [0, 0.1) is 11.8 Å². The maximum atomic E-state index is 13.1. The van der Waals surface area contributed by atoms with E-state index in [1.54, 1.807) is 11.9 Å². The number of rotatable bonds is 8. The fraction of sp³-hybridized carbons (Fsp3) is 0.500. The van der Waals surface area contributed by atoms with E-state index in [0.29, 0.717) is 13.0 Å². The van der Waals surface area contributed by atoms with Crippen molar-refractivity contribution in [2.45, 2.75) is 38.3 Å². The summed E-state index contributed by atoms with van der Waals surface area (Å²) in [7, 11) is 1.67. The first-order valence-electron chi connectivity index (χ1n) is 9.56. The molecule has 29 heavy (non-hydrogen) atoms. The van der Waals surface area contributed by atoms with Crippen molar-refractivity contribution in [1.29, 1.82) is 0 Å². The highest BCUT2D eigenvalue weighted by atomic mass is 16.4. The second kappa shape index (κ2) is 9.90. The van der Waals surface area contributed by atoms with Crippen LogP contribution < -0.4 is 16.8 Å². The summed E-state index contributed by atoms with van der Waals surface area (Å²) >= 11 is 0. The quantitative estimate of drug-likeness (QED) is 0.353. The van der Waals surface area contributed by atoms with Gasteiger partial charge in [0.1, 0.15) is 6.04 Å². The summed E-state index contributed by atoms with van der Waals surface area (Å²) in [5.41, 5.74) is 12.1. The zero-order valence-electron chi connectivity index (χ0n) is 16.7. The summed E-state index contributed by atoms with van der Waals surface area (Å²) < 4.78 is 0. The lowest BCUT2D eigenvalue weighted by Crippen LogP contribution is -2.53. The minimum absolute atomic E-state index is 0.169. The topological polar surface area (TPSA) is 151 Å². The lowest BCUT2D eigenvalue weighted by Gasteiger charge is -2.30. The lowest BCUT2D eigenvalue weighted by molar-refractivity contribution is -0.142. The van der Waals surface area contributed by atoms with Crippen molar-refractivity contribution in [2.75, 3.05) is 13.6 Å². The predicted molar refractivity (Wildman–Crippen MR) is 109 cm³/mol. The van der Waals surface area contributed by atoms with Crippen LogP contribution in [0.15, 0.2) is 35.3 Å². The Morgan fingerprint density at radius 2 is 1.90 bits per heavy atom. The van der Waals surface area contributed by atoms with E-state index in [9.17, 15) is 19.5 Å². The summed E-state index contributed by atoms with van der Waals surface area (Å²) in [6.45, 7) is 1.78. The minimum atomic E-state index is -0.963. The van der Waals surface area contributed by atoms with Crippen LogP contribution in [0.3, 0.4) is 0 Å². The third kappa shape index (κ3) is 6.20. The first-order chi connectivity index (χ1) is 13.7. The van der Waals surface area contributed by atoms with Crippen LogP contribution in [0.5, 0.6) is 0 Å². The predicted octanol–water partition coefficient (Wildman–Crippen LogP) is -0.0550. The molecular formula is C20H29N5O4. The number of nitrogens with zero attached hydrogens (tertiary/aromatic N) is 2. The van der Waals surface area contributed by atoms with Crippen LogP contribution in [0.2, 0.25) is 0 Å². The molecule has 1 aliphatic carbocycles. The summed E-state index contributed by atoms with van der Waals surface area (Å²) in [6, 6.07) is 8.30. The van der Waals surface area contributed by atoms with Gasteiger partial charge in [-0.15, -0.1) is 0 Å². The number of benzene rings is 1. The van der Waals surface area contributed by atoms with Crippen molar-refractivity contribution in [3.63, 3.8) is 0 Å². The molecule has 1 saturated carbocycles. The molecule has 0 aromatic heterocycles. The van der Waals surface area contributed by atoms with E-state index < -0.39 is 29.9 Å². The number of aliphatic imine (C=N–C) groups is 1. The molecule has 2 amide bonds. The first kappa shape index (κ1) is 22.2. The molecule has 1 aliphatic rings. The molecule has 0 radical (unpaired) electrons. The number of carbonyl (C=O) groups excluding carboxylic acids is 2. The van der Waals surface area contributed by atoms with Gasteiger partial charge >= 0.3 is 5.97 Å². The number of amides is 2. The van der Waals surface area contributed by atoms with Gasteiger partial charge in [0.05, 0.1) is 12.0 Å². The Morgan fingerprint density at radius 3 is 2.45 bits per heavy atom. The van der Waals surface area contributed by atoms with Crippen LogP contribution in [0.25, 0.3) is 0 Å². The summed E-state index contributed by atoms with van der Waals surface area (Å²) in [5, 5.41) is 12.1. The molecule has 2 unspecified atom stereocenters. The van der Waals surface area contributed by atoms with E-state index in [1.807, 2.05) is 30.3 Å². The Kier molecular flexibility index (Phi) is 7.58. The third-order valence-corrected chi connectivity index (χ3v) is 5.25. The molecule has 0 saturated heterocycles. The lowest BCUT2D eigenvalue weighted by atomic mass is 9.92. The van der Waals surface area contributed by atoms with Crippen molar-refractivity contribution in [2.24, 2.45) is 28.3 Å². The number of likely N-dealkylation sites (N-methyl/N-ethyl adjacent to an activating group) is 1. The van der Waals surface area contributed by atoms with Crippen molar-refractivity contribution in [3.8, 4) is 0 Å². The van der Waals surface area contributed by atoms with Gasteiger partial charge in [-0.2, -0.15) is 0 Å². The van der Waals surface area contributed by atoms with E-state index >= 15 is 0 Å². The average Bonchev–Trinajstić information content (AvgIpc) is 3.07. The van der Waals surface area contributed by atoms with Gasteiger partial charge in [0.25, 0.3) is 0 Å². The molecule has 0 aliphatic heterocycles. The van der Waals surface area contributed by atoms with Crippen LogP contribution in [0.1, 0.15) is 25.3 Å². The van der Waals surface area contributed by atoms with Gasteiger partial charge in [-0.3, -0.25) is 14.4 Å². The molecule has 9 nitrogen and oxygen atoms in total. The van der Waals surface area contributed by atoms with Crippen molar-refractivity contribution in [3.05, 3.63) is 35.9 Å². The maximum Gasteiger partial charge on any atom is 0.306 e. The van der Waals surface area contributed by atoms with E-state index in [-0.39, 0.29) is 30.6 Å². The van der Waals surface area contributed by atoms with E-state index in [1.165, 1.54) is 6.92 Å². The van der Waals surface area contributed by atoms with E-state index in [4.69, 9.17) is 11.5 Å². The van der Waals surface area contributed by atoms with Crippen molar-refractivity contribution in [1.82, 2.24) is 10.2 Å². The zero-order chi connectivity index (χ0) is 21.6. The van der Waals surface area contributed by atoms with Crippen LogP contribution in [0.4, 0.5) is 0 Å². The van der Waals surface area contributed by atoms with Gasteiger partial charge in [-0.1, -0.05) is 30.3 Å². The Bertz CT molecular complexity index is 763. The van der Waals surface area contributed by atoms with Gasteiger partial charge in [-0.25, -0.2) is 4.99 Å². The van der Waals surface area contributed by atoms with Crippen molar-refractivity contribution >= 4 is 23.7 Å². The molecule has 6 N–H and O–H groups in total. The number of carboxylic acid groups (broad SMARTS) is 1. The second-order valence-corrected chi connectivity index (χ2v) is 7.47. The Balaban J connectivity index is 2.19. The third-order valence-electron chi connectivity index (χ3n) is 5.25. The fourth-order valence-corrected chi connectivity index (χ4v) is 3.81. The highest BCUT2D eigenvalue weighted by Gasteiger charge is 2.45. The smallest absolute Gasteiger partial charge is 0.306 e. The number of nitrogens with one attached hydrogen (secondary N) is 1. The fourth-order valence-electron chi connectivity index (χ4n) is 3.81. The number of hydrogen-bond acceptors (Lipinski definition) is 4. The van der Waals surface area contributed by atoms with E-state index in [0.717, 1.165) is 5.56 Å². The molecule has 1 aromatic carbocycles. The number of carbonyl (C=O) groups is 3. The van der Waals surface area contributed by atoms with Crippen LogP contribution >= 0.6 is 0 Å². The molecule has 0 heterocycles. The number of aliphatic carboxylic acids is 1. The molecule has 158 valence electrons. The first-order valence-corrected chi connectivity index (χ1v) is 9.56. The van der Waals surface area contributed by atoms with E-state index in [2.05, 4.69) is 10.3 Å². The molecule has 1 fully saturated rings. The summed E-state index contributed by atoms with van der Waals surface area (Å²) in [5.74, 6) is -2.97. The number of carboxylic acids is 1. The molecule has 0 spiro atoms. The Morgan fingerprint density at radius 1 is 1.24 bits per heavy atom. The Labute approximate surface area is 170 Å². The van der Waals surface area contributed by atoms with Gasteiger partial charge in [0.2, 0.25) is 11.8 Å². The maximum absolute atomic E-state index is 13.1. The monoisotopic (exact) mass is 403 g/mol. The van der Waals surface area contributed by atoms with Crippen molar-refractivity contribution < 1.29 is 19.5 Å². The molecule has 2 rings (SSSR count). The van der Waals surface area contributed by atoms with Gasteiger partial charge in [-0.05, 0) is 24.8 Å². The van der Waals surface area contributed by atoms with Crippen LogP contribution in [-0.2, 0) is 20.8 Å². The molecule has 0 bridgehead atoms. The van der Waals surface area contributed by atoms with Crippen LogP contribution in [-0.4, -0.2) is 59.4 Å². The molecule has 9 heteroatoms. The summed E-state index contributed by atoms with van der Waals surface area (Å²) in [6.07, 6.45) is 1.09. The molecular weight excluding hydrogens is 374 g/mol. The SMILES string of the molecule is CC(=O)NC(C(=O)N(C)CCc1ccccc1)[C@H]1CC(C(=O)O)C[C@@H]1N=C(N)N. The highest BCUT2D eigenvalue weighted by Crippen LogP contribution is 2.36. The standard InChI is InChI=1S/C20H29N5O4/c1-12(26)23-17(15-10-14(19(28)29)11-16(15)24-20(21)22)18(27)25(2)9-8-13-6-4-3-5-7-13/h3-7,14-17H,8-11H2,1-2H3,(H,23,26)(H,28,29)(H4,21,22,24)/t14?,15-,16-,17?/m0/s1. The number of hydrogen-bond donors (Lipinski definition) is 4. The second-order valence-electron chi connectivity index (χ2n) is 7.47. The highest BCUT2D eigenvalue weighted by molar-refractivity contribution is 5.87. The number of guanidine groups is 1. The molecule has 1 aromatic rings. The summed E-state index contributed by atoms with van der Waals surface area (Å²) in [4.78, 5) is 42.1. The average molecular weight is 403 g/mol. The van der Waals surface area contributed by atoms with Gasteiger partial charge in [0, 0.05) is 26.4 Å². The van der Waals surface area contributed by atoms with Gasteiger partial charge in [0.15, 0.2) is 5.96 Å². The zero-order valence-corrected chi connectivity index (χ0v) is 16.7. The Hall–Kier alpha value is -3.10. The largest absolute Gasteiger partial charge is 0.481 e. The van der Waals surface area contributed by atoms with Gasteiger partial charge < -0.3 is 26.8 Å². The minimum Gasteiger partial charge on any atom is -0.481 e. The normalized spacial score (nSPS) is 21.8.